The summed E-state index contributed by atoms with van der Waals surface area (Å²) < 4.78 is 55.4. The molecule has 0 aliphatic carbocycles. The predicted octanol–water partition coefficient (Wildman–Crippen LogP) is 6.35. The third-order valence-corrected chi connectivity index (χ3v) is 10.4. The molecule has 2 aromatic rings. The number of nitrogens with zero attached hydrogens (tertiary/aromatic N) is 1. The van der Waals surface area contributed by atoms with Crippen molar-refractivity contribution >= 4 is 39.5 Å². The molecule has 332 valence electrons. The maximum atomic E-state index is 13.1. The molecule has 0 radical (unpaired) electrons. The number of sulfonamides is 1. The van der Waals surface area contributed by atoms with Gasteiger partial charge in [-0.25, -0.2) is 18.2 Å². The average Bonchev–Trinajstić information content (AvgIpc) is 3.20. The zero-order chi connectivity index (χ0) is 43.0. The summed E-state index contributed by atoms with van der Waals surface area (Å²) in [7, 11) is -3.94. The lowest BCUT2D eigenvalue weighted by molar-refractivity contribution is -0.143. The van der Waals surface area contributed by atoms with E-state index in [4.69, 9.17) is 33.9 Å². The number of anilines is 1. The summed E-state index contributed by atoms with van der Waals surface area (Å²) in [5.74, 6) is -1.52. The molecule has 0 bridgehead atoms. The number of unbranched alkanes of at least 4 members (excludes halogenated alkanes) is 12. The van der Waals surface area contributed by atoms with Gasteiger partial charge >= 0.3 is 11.9 Å². The van der Waals surface area contributed by atoms with Crippen molar-refractivity contribution in [3.8, 4) is 5.75 Å². The van der Waals surface area contributed by atoms with Gasteiger partial charge in [-0.15, -0.1) is 0 Å². The van der Waals surface area contributed by atoms with Crippen LogP contribution in [0.4, 0.5) is 5.82 Å². The molecule has 2 rings (SSSR count). The van der Waals surface area contributed by atoms with Crippen LogP contribution in [0.1, 0.15) is 119 Å². The standard InChI is InChI=1S/C42H65N3O13S/c1-34-30-37(19-20-38(34)58-24-14-12-10-8-6-4-2-3-5-7-9-11-13-17-40(47)48)59(52,53)45-39-21-18-35(31-44-39)42(51)43-22-25-55-27-28-56-32-36(46)16-15-23-54-26-29-57-33-41(49)50/h18-21,30-31H,2-17,22-29,32-33H2,1H3,(H,43,51)(H,44,45)(H,47,48)(H,49,50). The summed E-state index contributed by atoms with van der Waals surface area (Å²) in [6.07, 6.45) is 17.1. The normalized spacial score (nSPS) is 11.3. The van der Waals surface area contributed by atoms with E-state index >= 15 is 0 Å². The second-order valence-corrected chi connectivity index (χ2v) is 15.9. The summed E-state index contributed by atoms with van der Waals surface area (Å²) in [4.78, 5) is 49.4. The fourth-order valence-electron chi connectivity index (χ4n) is 5.81. The first-order chi connectivity index (χ1) is 28.5. The maximum absolute atomic E-state index is 13.1. The van der Waals surface area contributed by atoms with Crippen LogP contribution in [0.25, 0.3) is 0 Å². The fraction of sp³-hybridized carbons (Fsp3) is 0.643. The molecule has 0 spiro atoms. The van der Waals surface area contributed by atoms with E-state index in [-0.39, 0.29) is 81.3 Å². The van der Waals surface area contributed by atoms with Gasteiger partial charge in [-0.2, -0.15) is 0 Å². The van der Waals surface area contributed by atoms with Gasteiger partial charge in [0.15, 0.2) is 5.78 Å². The number of ketones is 1. The van der Waals surface area contributed by atoms with Crippen molar-refractivity contribution in [2.75, 3.05) is 70.7 Å². The van der Waals surface area contributed by atoms with E-state index in [2.05, 4.69) is 15.0 Å². The Hall–Kier alpha value is -4.16. The Labute approximate surface area is 349 Å². The zero-order valence-corrected chi connectivity index (χ0v) is 35.4. The van der Waals surface area contributed by atoms with Crippen molar-refractivity contribution in [2.45, 2.75) is 115 Å². The van der Waals surface area contributed by atoms with Crippen LogP contribution in [0.15, 0.2) is 41.4 Å². The number of Topliss-reactive ketones (excluding diaryl/α,β-unsaturated/α-hetero) is 1. The molecule has 0 fully saturated rings. The van der Waals surface area contributed by atoms with Gasteiger partial charge in [0, 0.05) is 32.2 Å². The van der Waals surface area contributed by atoms with Crippen molar-refractivity contribution in [1.29, 1.82) is 0 Å². The summed E-state index contributed by atoms with van der Waals surface area (Å²) in [6, 6.07) is 7.59. The number of aromatic nitrogens is 1. The third-order valence-electron chi connectivity index (χ3n) is 9.02. The quantitative estimate of drug-likeness (QED) is 0.0541. The lowest BCUT2D eigenvalue weighted by atomic mass is 10.0. The average molecular weight is 852 g/mol. The minimum atomic E-state index is -3.94. The number of carboxylic acid groups (broad SMARTS) is 2. The van der Waals surface area contributed by atoms with E-state index < -0.39 is 27.9 Å². The molecule has 0 unspecified atom stereocenters. The number of benzene rings is 1. The van der Waals surface area contributed by atoms with Crippen molar-refractivity contribution in [1.82, 2.24) is 10.3 Å². The molecule has 1 aromatic heterocycles. The van der Waals surface area contributed by atoms with Gasteiger partial charge in [0.25, 0.3) is 15.9 Å². The zero-order valence-electron chi connectivity index (χ0n) is 34.6. The van der Waals surface area contributed by atoms with E-state index in [1.807, 2.05) is 0 Å². The molecule has 1 aromatic carbocycles. The van der Waals surface area contributed by atoms with Crippen molar-refractivity contribution in [3.63, 3.8) is 0 Å². The topological polar surface area (TPSA) is 226 Å². The van der Waals surface area contributed by atoms with Crippen LogP contribution in [-0.2, 0) is 43.4 Å². The molecule has 1 heterocycles. The number of hydrogen-bond donors (Lipinski definition) is 4. The highest BCUT2D eigenvalue weighted by atomic mass is 32.2. The molecular formula is C42H65N3O13S. The number of hydrogen-bond acceptors (Lipinski definition) is 12. The molecule has 4 N–H and O–H groups in total. The van der Waals surface area contributed by atoms with Crippen LogP contribution in [0, 0.1) is 6.92 Å². The van der Waals surface area contributed by atoms with Crippen LogP contribution in [-0.4, -0.2) is 113 Å². The number of amides is 1. The van der Waals surface area contributed by atoms with Gasteiger partial charge in [0.1, 0.15) is 24.8 Å². The van der Waals surface area contributed by atoms with Gasteiger partial charge in [-0.05, 0) is 62.1 Å². The molecule has 0 aliphatic rings. The van der Waals surface area contributed by atoms with Gasteiger partial charge < -0.3 is 39.2 Å². The van der Waals surface area contributed by atoms with Gasteiger partial charge in [0.05, 0.1) is 50.1 Å². The molecule has 0 saturated heterocycles. The van der Waals surface area contributed by atoms with Crippen LogP contribution in [0.5, 0.6) is 5.75 Å². The SMILES string of the molecule is Cc1cc(S(=O)(=O)Nc2ccc(C(=O)NCCOCCOCC(=O)CCCOCCOCC(=O)O)cn2)ccc1OCCCCCCCCCCCCCCCC(=O)O. The number of nitrogens with one attached hydrogen (secondary N) is 2. The summed E-state index contributed by atoms with van der Waals surface area (Å²) in [6.45, 7) is 3.61. The number of carbonyl (C=O) groups is 4. The number of aryl methyl sites for hydroxylation is 1. The van der Waals surface area contributed by atoms with Crippen LogP contribution < -0.4 is 14.8 Å². The number of rotatable bonds is 38. The summed E-state index contributed by atoms with van der Waals surface area (Å²) in [5.41, 5.74) is 0.949. The van der Waals surface area contributed by atoms with Crippen molar-refractivity contribution in [3.05, 3.63) is 47.7 Å². The smallest absolute Gasteiger partial charge is 0.329 e. The second kappa shape index (κ2) is 31.7. The van der Waals surface area contributed by atoms with E-state index in [1.54, 1.807) is 19.1 Å². The second-order valence-electron chi connectivity index (χ2n) is 14.2. The molecular weight excluding hydrogens is 787 g/mol. The lowest BCUT2D eigenvalue weighted by Crippen LogP contribution is -2.28. The highest BCUT2D eigenvalue weighted by Gasteiger charge is 2.17. The Morgan fingerprint density at radius 1 is 0.627 bits per heavy atom. The Morgan fingerprint density at radius 3 is 1.81 bits per heavy atom. The fourth-order valence-corrected chi connectivity index (χ4v) is 6.90. The minimum absolute atomic E-state index is 0.0473. The Bertz CT molecular complexity index is 1610. The summed E-state index contributed by atoms with van der Waals surface area (Å²) in [5, 5.41) is 19.8. The number of carboxylic acids is 2. The van der Waals surface area contributed by atoms with E-state index in [9.17, 15) is 27.6 Å². The number of ether oxygens (including phenoxy) is 5. The largest absolute Gasteiger partial charge is 0.493 e. The molecule has 0 aliphatic heterocycles. The van der Waals surface area contributed by atoms with Crippen molar-refractivity contribution in [2.24, 2.45) is 0 Å². The van der Waals surface area contributed by atoms with Crippen LogP contribution in [0.3, 0.4) is 0 Å². The Kier molecular flexibility index (Phi) is 27.4. The van der Waals surface area contributed by atoms with Gasteiger partial charge in [-0.3, -0.25) is 19.1 Å². The van der Waals surface area contributed by atoms with Crippen LogP contribution in [0.2, 0.25) is 0 Å². The van der Waals surface area contributed by atoms with E-state index in [0.717, 1.165) is 38.5 Å². The number of aliphatic carboxylic acids is 2. The minimum Gasteiger partial charge on any atom is -0.493 e. The third kappa shape index (κ3) is 25.8. The predicted molar refractivity (Wildman–Crippen MR) is 221 cm³/mol. The monoisotopic (exact) mass is 851 g/mol. The Balaban J connectivity index is 1.52. The highest BCUT2D eigenvalue weighted by molar-refractivity contribution is 7.92. The number of carbonyl (C=O) groups excluding carboxylic acids is 2. The molecule has 17 heteroatoms. The van der Waals surface area contributed by atoms with Gasteiger partial charge in [0.2, 0.25) is 0 Å². The van der Waals surface area contributed by atoms with Crippen molar-refractivity contribution < 1.29 is 61.5 Å². The number of pyridine rings is 1. The first-order valence-corrected chi connectivity index (χ1v) is 22.2. The molecule has 0 saturated carbocycles. The van der Waals surface area contributed by atoms with E-state index in [0.29, 0.717) is 37.4 Å². The lowest BCUT2D eigenvalue weighted by Gasteiger charge is -2.12. The van der Waals surface area contributed by atoms with Gasteiger partial charge in [-0.1, -0.05) is 70.6 Å². The Morgan fingerprint density at radius 2 is 1.22 bits per heavy atom. The molecule has 59 heavy (non-hydrogen) atoms. The molecule has 0 atom stereocenters. The van der Waals surface area contributed by atoms with E-state index in [1.165, 1.54) is 69.3 Å². The highest BCUT2D eigenvalue weighted by Crippen LogP contribution is 2.24. The summed E-state index contributed by atoms with van der Waals surface area (Å²) >= 11 is 0. The molecule has 1 amide bonds. The first-order valence-electron chi connectivity index (χ1n) is 20.7. The van der Waals surface area contributed by atoms with Crippen LogP contribution >= 0.6 is 0 Å². The first kappa shape index (κ1) is 51.0. The maximum Gasteiger partial charge on any atom is 0.329 e. The molecule has 16 nitrogen and oxygen atoms in total.